The normalized spacial score (nSPS) is 17.8. The fourth-order valence-corrected chi connectivity index (χ4v) is 4.51. The number of ether oxygens (including phenoxy) is 1. The zero-order chi connectivity index (χ0) is 26.6. The summed E-state index contributed by atoms with van der Waals surface area (Å²) in [7, 11) is -4.74. The second kappa shape index (κ2) is 10.8. The summed E-state index contributed by atoms with van der Waals surface area (Å²) in [5.41, 5.74) is 5.88. The number of nitrogens with two attached hydrogens (primary N) is 3. The molecule has 2 atom stereocenters. The maximum absolute atomic E-state index is 12.8. The molecule has 3 rings (SSSR count). The van der Waals surface area contributed by atoms with Crippen LogP contribution in [0.4, 0.5) is 5.13 Å². The van der Waals surface area contributed by atoms with E-state index >= 15 is 0 Å². The molecule has 16 nitrogen and oxygen atoms in total. The van der Waals surface area contributed by atoms with E-state index < -0.39 is 34.2 Å². The molecule has 2 aromatic rings. The van der Waals surface area contributed by atoms with Gasteiger partial charge in [0.15, 0.2) is 23.3 Å². The van der Waals surface area contributed by atoms with Crippen molar-refractivity contribution < 1.29 is 32.1 Å². The van der Waals surface area contributed by atoms with Crippen LogP contribution in [0.25, 0.3) is 0 Å². The number of hydrazine groups is 2. The molecule has 2 heterocycles. The Morgan fingerprint density at radius 3 is 2.53 bits per heavy atom. The molecule has 0 spiro atoms. The number of nitrogens with zero attached hydrogens (tertiary/aromatic N) is 4. The van der Waals surface area contributed by atoms with Crippen molar-refractivity contribution in [2.24, 2.45) is 16.8 Å². The van der Waals surface area contributed by atoms with E-state index in [1.165, 1.54) is 12.3 Å². The van der Waals surface area contributed by atoms with Crippen LogP contribution in [0.15, 0.2) is 34.8 Å². The number of nitrogen functional groups attached to an aromatic ring is 1. The van der Waals surface area contributed by atoms with E-state index in [0.29, 0.717) is 16.4 Å². The first kappa shape index (κ1) is 26.8. The summed E-state index contributed by atoms with van der Waals surface area (Å²) in [6.07, 6.45) is 0. The first-order chi connectivity index (χ1) is 16.9. The van der Waals surface area contributed by atoms with Crippen LogP contribution in [0, 0.1) is 5.41 Å². The van der Waals surface area contributed by atoms with Gasteiger partial charge < -0.3 is 20.6 Å². The molecule has 0 saturated carbocycles. The highest BCUT2D eigenvalue weighted by molar-refractivity contribution is 7.84. The maximum atomic E-state index is 12.8. The molecule has 1 aliphatic rings. The summed E-state index contributed by atoms with van der Waals surface area (Å²) >= 11 is 1.04. The number of aromatic nitrogens is 1. The van der Waals surface area contributed by atoms with Crippen molar-refractivity contribution in [1.29, 1.82) is 5.41 Å². The molecule has 0 aliphatic carbocycles. The Morgan fingerprint density at radius 1 is 1.33 bits per heavy atom. The van der Waals surface area contributed by atoms with Crippen LogP contribution < -0.4 is 27.5 Å². The number of amidine groups is 1. The lowest BCUT2D eigenvalue weighted by Crippen LogP contribution is -2.71. The van der Waals surface area contributed by atoms with Crippen molar-refractivity contribution in [1.82, 2.24) is 19.7 Å². The average Bonchev–Trinajstić information content (AvgIpc) is 3.24. The minimum absolute atomic E-state index is 0.0375. The molecule has 1 fully saturated rings. The van der Waals surface area contributed by atoms with Crippen LogP contribution in [0.3, 0.4) is 0 Å². The number of thiazole rings is 1. The summed E-state index contributed by atoms with van der Waals surface area (Å²) in [5.74, 6) is 9.14. The number of carbonyl (C=O) groups is 2. The van der Waals surface area contributed by atoms with Gasteiger partial charge in [-0.3, -0.25) is 19.6 Å². The Balaban J connectivity index is 1.60. The smallest absolute Gasteiger partial charge is 0.362 e. The topological polar surface area (TPSA) is 253 Å². The molecule has 0 bridgehead atoms. The highest BCUT2D eigenvalue weighted by Gasteiger charge is 2.51. The molecular formula is C18H23N9O7S2. The number of amides is 2. The molecule has 1 aromatic carbocycles. The van der Waals surface area contributed by atoms with Crippen molar-refractivity contribution >= 4 is 50.1 Å². The molecule has 0 unspecified atom stereocenters. The quantitative estimate of drug-likeness (QED) is 0.0379. The molecule has 2 amide bonds. The van der Waals surface area contributed by atoms with Gasteiger partial charge >= 0.3 is 10.3 Å². The fraction of sp³-hybridized carbons (Fsp3) is 0.278. The minimum Gasteiger partial charge on any atom is -0.490 e. The van der Waals surface area contributed by atoms with Crippen molar-refractivity contribution in [3.8, 4) is 5.75 Å². The first-order valence-corrected chi connectivity index (χ1v) is 12.3. The molecule has 1 aromatic heterocycles. The summed E-state index contributed by atoms with van der Waals surface area (Å²) in [6, 6.07) is 4.15. The van der Waals surface area contributed by atoms with Gasteiger partial charge in [-0.15, -0.1) is 11.3 Å². The fourth-order valence-electron chi connectivity index (χ4n) is 3.08. The van der Waals surface area contributed by atoms with Gasteiger partial charge in [0.1, 0.15) is 24.1 Å². The number of hydrogen-bond donors (Lipinski definition) is 6. The SMILES string of the molecule is C[C@H]1[C@H](NC(=O)/C(=N\OCCOc2ccc(C(=N)N(N)N)cc2)c2csc(N)n2)C(=O)N1S(=O)(=O)O. The summed E-state index contributed by atoms with van der Waals surface area (Å²) in [6.45, 7) is 1.29. The molecule has 194 valence electrons. The minimum atomic E-state index is -4.74. The maximum Gasteiger partial charge on any atom is 0.362 e. The van der Waals surface area contributed by atoms with Gasteiger partial charge in [0.25, 0.3) is 11.8 Å². The van der Waals surface area contributed by atoms with E-state index in [-0.39, 0.29) is 39.9 Å². The number of hydrogen-bond acceptors (Lipinski definition) is 13. The Morgan fingerprint density at radius 2 is 2.00 bits per heavy atom. The van der Waals surface area contributed by atoms with Gasteiger partial charge in [-0.2, -0.15) is 8.42 Å². The van der Waals surface area contributed by atoms with Crippen LogP contribution >= 0.6 is 11.3 Å². The van der Waals surface area contributed by atoms with Crippen LogP contribution in [0.2, 0.25) is 0 Å². The predicted octanol–water partition coefficient (Wildman–Crippen LogP) is -1.58. The predicted molar refractivity (Wildman–Crippen MR) is 128 cm³/mol. The van der Waals surface area contributed by atoms with Crippen molar-refractivity contribution in [2.75, 3.05) is 18.9 Å². The van der Waals surface area contributed by atoms with Gasteiger partial charge in [-0.25, -0.2) is 26.1 Å². The van der Waals surface area contributed by atoms with E-state index in [1.54, 1.807) is 24.3 Å². The molecule has 1 aliphatic heterocycles. The third-order valence-corrected chi connectivity index (χ3v) is 6.52. The number of β-lactam (4-membered cyclic amide) rings is 1. The van der Waals surface area contributed by atoms with Gasteiger partial charge in [0.2, 0.25) is 0 Å². The third-order valence-electron chi connectivity index (χ3n) is 4.84. The van der Waals surface area contributed by atoms with E-state index in [0.717, 1.165) is 11.3 Å². The van der Waals surface area contributed by atoms with E-state index in [2.05, 4.69) is 15.5 Å². The second-order valence-electron chi connectivity index (χ2n) is 7.28. The Hall–Kier alpha value is -3.84. The lowest BCUT2D eigenvalue weighted by atomic mass is 10.0. The number of anilines is 1. The van der Waals surface area contributed by atoms with Crippen molar-refractivity contribution in [3.63, 3.8) is 0 Å². The van der Waals surface area contributed by atoms with E-state index in [1.807, 2.05) is 0 Å². The zero-order valence-electron chi connectivity index (χ0n) is 18.7. The second-order valence-corrected chi connectivity index (χ2v) is 9.46. The Labute approximate surface area is 209 Å². The number of benzene rings is 1. The number of nitrogens with one attached hydrogen (secondary N) is 2. The first-order valence-electron chi connectivity index (χ1n) is 10.0. The number of oxime groups is 1. The standard InChI is InChI=1S/C18H23N9O7S2/c1-9-13(17(29)26(9)36(30,31)32)24-16(28)14(12-8-35-18(20)23-12)25-34-7-6-33-11-4-2-10(3-5-11)15(19)27(21)22/h2-5,8-9,13,19H,6-7,21-22H2,1H3,(H2,20,23)(H,24,28)(H,30,31,32)/b19-15?,25-14-/t9-,13-/m0/s1. The summed E-state index contributed by atoms with van der Waals surface area (Å²) in [5, 5.41) is 16.1. The third kappa shape index (κ3) is 6.04. The van der Waals surface area contributed by atoms with Crippen molar-refractivity contribution in [2.45, 2.75) is 19.0 Å². The lowest BCUT2D eigenvalue weighted by Gasteiger charge is -2.42. The molecular weight excluding hydrogens is 518 g/mol. The number of rotatable bonds is 10. The average molecular weight is 542 g/mol. The highest BCUT2D eigenvalue weighted by atomic mass is 32.2. The zero-order valence-corrected chi connectivity index (χ0v) is 20.3. The van der Waals surface area contributed by atoms with Crippen LogP contribution in [0.5, 0.6) is 5.75 Å². The van der Waals surface area contributed by atoms with Gasteiger partial charge in [0, 0.05) is 10.9 Å². The lowest BCUT2D eigenvalue weighted by molar-refractivity contribution is -0.143. The molecule has 1 saturated heterocycles. The van der Waals surface area contributed by atoms with Crippen LogP contribution in [0.1, 0.15) is 18.2 Å². The van der Waals surface area contributed by atoms with Crippen molar-refractivity contribution in [3.05, 3.63) is 40.9 Å². The molecule has 18 heteroatoms. The summed E-state index contributed by atoms with van der Waals surface area (Å²) in [4.78, 5) is 34.0. The van der Waals surface area contributed by atoms with Gasteiger partial charge in [0.05, 0.1) is 6.04 Å². The van der Waals surface area contributed by atoms with Gasteiger partial charge in [-0.1, -0.05) is 5.16 Å². The molecule has 0 radical (unpaired) electrons. The number of carbonyl (C=O) groups excluding carboxylic acids is 2. The van der Waals surface area contributed by atoms with Crippen LogP contribution in [-0.4, -0.2) is 76.0 Å². The highest BCUT2D eigenvalue weighted by Crippen LogP contribution is 2.23. The van der Waals surface area contributed by atoms with Crippen LogP contribution in [-0.2, 0) is 24.7 Å². The summed E-state index contributed by atoms with van der Waals surface area (Å²) < 4.78 is 37.4. The van der Waals surface area contributed by atoms with E-state index in [9.17, 15) is 18.0 Å². The molecule has 9 N–H and O–H groups in total. The monoisotopic (exact) mass is 541 g/mol. The Kier molecular flexibility index (Phi) is 8.05. The largest absolute Gasteiger partial charge is 0.490 e. The molecule has 36 heavy (non-hydrogen) atoms. The Bertz CT molecular complexity index is 1280. The van der Waals surface area contributed by atoms with E-state index in [4.69, 9.17) is 37.0 Å². The van der Waals surface area contributed by atoms with Gasteiger partial charge in [-0.05, 0) is 31.2 Å².